The number of nitrogens with two attached hydrogens (primary N) is 1. The smallest absolute Gasteiger partial charge is 0.222 e. The Balaban J connectivity index is 2.28. The average Bonchev–Trinajstić information content (AvgIpc) is 2.22. The zero-order valence-electron chi connectivity index (χ0n) is 9.04. The molecule has 0 radical (unpaired) electrons. The van der Waals surface area contributed by atoms with Gasteiger partial charge in [-0.1, -0.05) is 11.6 Å². The summed E-state index contributed by atoms with van der Waals surface area (Å²) in [4.78, 5) is 8.10. The van der Waals surface area contributed by atoms with Crippen LogP contribution in [0.25, 0.3) is 0 Å². The van der Waals surface area contributed by atoms with Crippen molar-refractivity contribution in [3.8, 4) is 0 Å². The molecule has 0 aliphatic rings. The summed E-state index contributed by atoms with van der Waals surface area (Å²) >= 11 is 8.21. The summed E-state index contributed by atoms with van der Waals surface area (Å²) in [6.07, 6.45) is 0. The highest BCUT2D eigenvalue weighted by molar-refractivity contribution is 14.1. The average molecular weight is 361 g/mol. The van der Waals surface area contributed by atoms with E-state index in [1.165, 1.54) is 0 Å². The molecule has 0 aliphatic carbocycles. The summed E-state index contributed by atoms with van der Waals surface area (Å²) in [5.41, 5.74) is 7.26. The lowest BCUT2D eigenvalue weighted by atomic mass is 10.3. The Hall–Kier alpha value is -1.08. The van der Waals surface area contributed by atoms with Crippen LogP contribution in [0, 0.1) is 10.5 Å². The zero-order chi connectivity index (χ0) is 12.4. The van der Waals surface area contributed by atoms with E-state index in [0.717, 1.165) is 15.0 Å². The first-order valence-electron chi connectivity index (χ1n) is 4.88. The molecule has 2 aromatic rings. The molecule has 17 heavy (non-hydrogen) atoms. The predicted molar refractivity (Wildman–Crippen MR) is 78.6 cm³/mol. The number of anilines is 3. The number of hydrogen-bond donors (Lipinski definition) is 2. The van der Waals surface area contributed by atoms with Crippen molar-refractivity contribution < 1.29 is 0 Å². The summed E-state index contributed by atoms with van der Waals surface area (Å²) in [6, 6.07) is 7.53. The van der Waals surface area contributed by atoms with E-state index in [0.29, 0.717) is 10.8 Å². The third-order valence-corrected chi connectivity index (χ3v) is 3.64. The maximum atomic E-state index is 6.04. The fraction of sp³-hybridized carbons (Fsp3) is 0.0909. The molecule has 3 N–H and O–H groups in total. The van der Waals surface area contributed by atoms with Gasteiger partial charge in [-0.2, -0.15) is 4.98 Å². The van der Waals surface area contributed by atoms with Gasteiger partial charge in [-0.15, -0.1) is 0 Å². The van der Waals surface area contributed by atoms with Gasteiger partial charge in [0.15, 0.2) is 0 Å². The van der Waals surface area contributed by atoms with Crippen molar-refractivity contribution in [3.05, 3.63) is 38.6 Å². The molecule has 1 heterocycles. The van der Waals surface area contributed by atoms with Gasteiger partial charge >= 0.3 is 0 Å². The molecule has 1 aromatic heterocycles. The third kappa shape index (κ3) is 3.19. The van der Waals surface area contributed by atoms with Crippen LogP contribution in [0.2, 0.25) is 5.02 Å². The number of hydrogen-bond acceptors (Lipinski definition) is 4. The molecule has 0 atom stereocenters. The van der Waals surface area contributed by atoms with E-state index in [1.807, 2.05) is 31.2 Å². The second kappa shape index (κ2) is 5.05. The highest BCUT2D eigenvalue weighted by Crippen LogP contribution is 2.24. The molecule has 0 unspecified atom stereocenters. The molecule has 0 spiro atoms. The largest absolute Gasteiger partial charge is 0.368 e. The maximum Gasteiger partial charge on any atom is 0.222 e. The monoisotopic (exact) mass is 360 g/mol. The van der Waals surface area contributed by atoms with Gasteiger partial charge in [-0.25, -0.2) is 4.98 Å². The van der Waals surface area contributed by atoms with Gasteiger partial charge in [0.2, 0.25) is 5.95 Å². The maximum absolute atomic E-state index is 6.04. The van der Waals surface area contributed by atoms with E-state index < -0.39 is 0 Å². The molecule has 0 saturated heterocycles. The van der Waals surface area contributed by atoms with E-state index in [-0.39, 0.29) is 5.95 Å². The van der Waals surface area contributed by atoms with Crippen LogP contribution in [0.15, 0.2) is 24.3 Å². The highest BCUT2D eigenvalue weighted by Gasteiger charge is 2.02. The number of nitrogen functional groups attached to an aromatic ring is 1. The minimum Gasteiger partial charge on any atom is -0.368 e. The standard InChI is InChI=1S/C11H10ClIN4/c1-6-4-10(17-11(14)15-6)16-7-2-3-9(13)8(12)5-7/h2-5H,1H3,(H3,14,15,16,17). The van der Waals surface area contributed by atoms with Crippen molar-refractivity contribution in [2.24, 2.45) is 0 Å². The van der Waals surface area contributed by atoms with Crippen molar-refractivity contribution in [3.63, 3.8) is 0 Å². The molecule has 0 amide bonds. The first kappa shape index (κ1) is 12.4. The molecule has 1 aromatic carbocycles. The lowest BCUT2D eigenvalue weighted by Crippen LogP contribution is -2.01. The Labute approximate surface area is 118 Å². The van der Waals surface area contributed by atoms with Gasteiger partial charge < -0.3 is 11.1 Å². The minimum absolute atomic E-state index is 0.254. The van der Waals surface area contributed by atoms with Gasteiger partial charge in [0, 0.05) is 21.0 Å². The number of rotatable bonds is 2. The van der Waals surface area contributed by atoms with Gasteiger partial charge in [0.25, 0.3) is 0 Å². The Morgan fingerprint density at radius 2 is 2.06 bits per heavy atom. The first-order chi connectivity index (χ1) is 8.04. The molecule has 2 rings (SSSR count). The second-order valence-electron chi connectivity index (χ2n) is 3.51. The van der Waals surface area contributed by atoms with Crippen molar-refractivity contribution in [2.45, 2.75) is 6.92 Å². The summed E-state index contributed by atoms with van der Waals surface area (Å²) in [5.74, 6) is 0.913. The quantitative estimate of drug-likeness (QED) is 0.806. The fourth-order valence-corrected chi connectivity index (χ4v) is 1.89. The molecular weight excluding hydrogens is 351 g/mol. The Bertz CT molecular complexity index is 539. The summed E-state index contributed by atoms with van der Waals surface area (Å²) in [6.45, 7) is 1.87. The van der Waals surface area contributed by atoms with Crippen LogP contribution < -0.4 is 11.1 Å². The molecule has 88 valence electrons. The fourth-order valence-electron chi connectivity index (χ4n) is 1.38. The number of nitrogens with one attached hydrogen (secondary N) is 1. The molecule has 6 heteroatoms. The Kier molecular flexibility index (Phi) is 3.68. The van der Waals surface area contributed by atoms with Crippen LogP contribution in [-0.2, 0) is 0 Å². The second-order valence-corrected chi connectivity index (χ2v) is 5.08. The van der Waals surface area contributed by atoms with Gasteiger partial charge in [-0.05, 0) is 47.7 Å². The molecule has 0 saturated carbocycles. The van der Waals surface area contributed by atoms with Crippen molar-refractivity contribution in [1.82, 2.24) is 9.97 Å². The van der Waals surface area contributed by atoms with Crippen LogP contribution in [0.3, 0.4) is 0 Å². The number of aryl methyl sites for hydroxylation is 1. The van der Waals surface area contributed by atoms with E-state index in [1.54, 1.807) is 0 Å². The van der Waals surface area contributed by atoms with Crippen LogP contribution in [-0.4, -0.2) is 9.97 Å². The molecule has 0 bridgehead atoms. The summed E-state index contributed by atoms with van der Waals surface area (Å²) in [7, 11) is 0. The number of halogens is 2. The zero-order valence-corrected chi connectivity index (χ0v) is 12.0. The van der Waals surface area contributed by atoms with E-state index in [4.69, 9.17) is 17.3 Å². The summed E-state index contributed by atoms with van der Waals surface area (Å²) in [5, 5.41) is 3.84. The Morgan fingerprint density at radius 3 is 2.71 bits per heavy atom. The van der Waals surface area contributed by atoms with Crippen LogP contribution >= 0.6 is 34.2 Å². The van der Waals surface area contributed by atoms with Crippen molar-refractivity contribution in [1.29, 1.82) is 0 Å². The lowest BCUT2D eigenvalue weighted by Gasteiger charge is -2.07. The van der Waals surface area contributed by atoms with E-state index in [2.05, 4.69) is 37.9 Å². The first-order valence-corrected chi connectivity index (χ1v) is 6.33. The molecule has 0 aliphatic heterocycles. The number of aromatic nitrogens is 2. The normalized spacial score (nSPS) is 10.3. The summed E-state index contributed by atoms with van der Waals surface area (Å²) < 4.78 is 1.01. The third-order valence-electron chi connectivity index (χ3n) is 2.06. The number of nitrogens with zero attached hydrogens (tertiary/aromatic N) is 2. The molecular formula is C11H10ClIN4. The van der Waals surface area contributed by atoms with Crippen LogP contribution in [0.1, 0.15) is 5.69 Å². The van der Waals surface area contributed by atoms with Crippen molar-refractivity contribution in [2.75, 3.05) is 11.1 Å². The lowest BCUT2D eigenvalue weighted by molar-refractivity contribution is 1.12. The van der Waals surface area contributed by atoms with E-state index >= 15 is 0 Å². The van der Waals surface area contributed by atoms with Gasteiger partial charge in [0.1, 0.15) is 5.82 Å². The minimum atomic E-state index is 0.254. The highest BCUT2D eigenvalue weighted by atomic mass is 127. The molecule has 4 nitrogen and oxygen atoms in total. The SMILES string of the molecule is Cc1cc(Nc2ccc(I)c(Cl)c2)nc(N)n1. The van der Waals surface area contributed by atoms with Crippen molar-refractivity contribution >= 4 is 51.6 Å². The van der Waals surface area contributed by atoms with Crippen LogP contribution in [0.5, 0.6) is 0 Å². The predicted octanol–water partition coefficient (Wildman–Crippen LogP) is 3.37. The Morgan fingerprint density at radius 1 is 1.29 bits per heavy atom. The van der Waals surface area contributed by atoms with E-state index in [9.17, 15) is 0 Å². The van der Waals surface area contributed by atoms with Crippen LogP contribution in [0.4, 0.5) is 17.5 Å². The molecule has 0 fully saturated rings. The van der Waals surface area contributed by atoms with Gasteiger partial charge in [-0.3, -0.25) is 0 Å². The number of benzene rings is 1. The topological polar surface area (TPSA) is 63.8 Å². The van der Waals surface area contributed by atoms with Gasteiger partial charge in [0.05, 0.1) is 5.02 Å².